The van der Waals surface area contributed by atoms with Crippen LogP contribution in [0.25, 0.3) is 17.0 Å². The van der Waals surface area contributed by atoms with Gasteiger partial charge < -0.3 is 13.6 Å². The highest BCUT2D eigenvalue weighted by atomic mass is 35.5. The lowest BCUT2D eigenvalue weighted by Gasteiger charge is -1.99. The summed E-state index contributed by atoms with van der Waals surface area (Å²) >= 11 is 5.87. The van der Waals surface area contributed by atoms with Crippen molar-refractivity contribution in [2.24, 2.45) is 0 Å². The van der Waals surface area contributed by atoms with Crippen molar-refractivity contribution in [3.63, 3.8) is 0 Å². The normalized spacial score (nSPS) is 11.0. The molecular formula is C19H14ClN3O3. The fourth-order valence-electron chi connectivity index (χ4n) is 2.57. The summed E-state index contributed by atoms with van der Waals surface area (Å²) in [6, 6.07) is 12.9. The maximum absolute atomic E-state index is 12.2. The van der Waals surface area contributed by atoms with Gasteiger partial charge in [-0.15, -0.1) is 0 Å². The van der Waals surface area contributed by atoms with E-state index < -0.39 is 5.97 Å². The van der Waals surface area contributed by atoms with Crippen LogP contribution >= 0.6 is 11.6 Å². The van der Waals surface area contributed by atoms with Gasteiger partial charge in [-0.25, -0.2) is 14.8 Å². The molecule has 4 aromatic rings. The number of carbonyl (C=O) groups is 1. The molecule has 3 heterocycles. The first-order valence-electron chi connectivity index (χ1n) is 7.92. The zero-order valence-electron chi connectivity index (χ0n) is 13.8. The smallest absolute Gasteiger partial charge is 0.359 e. The number of aryl methyl sites for hydroxylation is 1. The van der Waals surface area contributed by atoms with E-state index in [2.05, 4.69) is 9.97 Å². The number of fused-ring (bicyclic) bond motifs is 1. The van der Waals surface area contributed by atoms with Crippen molar-refractivity contribution in [2.45, 2.75) is 13.5 Å². The van der Waals surface area contributed by atoms with Crippen molar-refractivity contribution < 1.29 is 13.9 Å². The third kappa shape index (κ3) is 3.19. The average molecular weight is 368 g/mol. The molecule has 1 aromatic carbocycles. The second-order valence-electron chi connectivity index (χ2n) is 5.72. The molecule has 6 nitrogen and oxygen atoms in total. The van der Waals surface area contributed by atoms with Crippen LogP contribution in [-0.2, 0) is 11.3 Å². The predicted octanol–water partition coefficient (Wildman–Crippen LogP) is 4.31. The first-order valence-corrected chi connectivity index (χ1v) is 8.30. The number of esters is 1. The number of hydrogen-bond acceptors (Lipinski definition) is 5. The third-order valence-electron chi connectivity index (χ3n) is 3.91. The Balaban J connectivity index is 1.46. The topological polar surface area (TPSA) is 69.6 Å². The maximum Gasteiger partial charge on any atom is 0.359 e. The van der Waals surface area contributed by atoms with Gasteiger partial charge in [-0.05, 0) is 43.3 Å². The predicted molar refractivity (Wildman–Crippen MR) is 96.0 cm³/mol. The Kier molecular flexibility index (Phi) is 4.18. The van der Waals surface area contributed by atoms with Crippen molar-refractivity contribution in [1.82, 2.24) is 14.4 Å². The second-order valence-corrected chi connectivity index (χ2v) is 6.16. The highest BCUT2D eigenvalue weighted by Crippen LogP contribution is 2.22. The van der Waals surface area contributed by atoms with Crippen LogP contribution in [0.3, 0.4) is 0 Å². The highest BCUT2D eigenvalue weighted by molar-refractivity contribution is 6.30. The molecule has 0 bridgehead atoms. The van der Waals surface area contributed by atoms with Crippen LogP contribution in [0.15, 0.2) is 59.3 Å². The van der Waals surface area contributed by atoms with Crippen LogP contribution in [0, 0.1) is 6.92 Å². The van der Waals surface area contributed by atoms with E-state index in [4.69, 9.17) is 20.8 Å². The van der Waals surface area contributed by atoms with Crippen LogP contribution in [0.4, 0.5) is 0 Å². The van der Waals surface area contributed by atoms with E-state index >= 15 is 0 Å². The molecule has 3 aromatic heterocycles. The lowest BCUT2D eigenvalue weighted by Crippen LogP contribution is -2.05. The summed E-state index contributed by atoms with van der Waals surface area (Å²) in [4.78, 5) is 20.6. The SMILES string of the molecule is Cc1cccc2nc(C(=O)OCc3ncc(-c4ccc(Cl)cc4)o3)cn12. The van der Waals surface area contributed by atoms with Crippen LogP contribution < -0.4 is 0 Å². The number of benzene rings is 1. The summed E-state index contributed by atoms with van der Waals surface area (Å²) in [6.07, 6.45) is 3.24. The zero-order valence-corrected chi connectivity index (χ0v) is 14.6. The van der Waals surface area contributed by atoms with Gasteiger partial charge >= 0.3 is 5.97 Å². The number of oxazole rings is 1. The van der Waals surface area contributed by atoms with Gasteiger partial charge in [-0.1, -0.05) is 17.7 Å². The quantitative estimate of drug-likeness (QED) is 0.503. The molecule has 0 amide bonds. The first kappa shape index (κ1) is 16.4. The van der Waals surface area contributed by atoms with Gasteiger partial charge in [0.1, 0.15) is 5.65 Å². The van der Waals surface area contributed by atoms with E-state index in [0.29, 0.717) is 22.3 Å². The van der Waals surface area contributed by atoms with Crippen LogP contribution in [-0.4, -0.2) is 20.3 Å². The van der Waals surface area contributed by atoms with Gasteiger partial charge in [-0.3, -0.25) is 0 Å². The molecule has 0 saturated heterocycles. The molecule has 4 rings (SSSR count). The fourth-order valence-corrected chi connectivity index (χ4v) is 2.70. The number of carbonyl (C=O) groups excluding carboxylic acids is 1. The van der Waals surface area contributed by atoms with E-state index in [1.165, 1.54) is 0 Å². The standard InChI is InChI=1S/C19H14ClN3O3/c1-12-3-2-4-17-22-15(10-23(12)17)19(24)25-11-18-21-9-16(26-18)13-5-7-14(20)8-6-13/h2-10H,11H2,1H3. The third-order valence-corrected chi connectivity index (χ3v) is 4.17. The summed E-state index contributed by atoms with van der Waals surface area (Å²) in [5, 5.41) is 0.644. The molecule has 26 heavy (non-hydrogen) atoms. The van der Waals surface area contributed by atoms with E-state index in [9.17, 15) is 4.79 Å². The molecule has 130 valence electrons. The molecule has 0 aliphatic rings. The average Bonchev–Trinajstić information content (AvgIpc) is 3.28. The van der Waals surface area contributed by atoms with E-state index in [1.807, 2.05) is 41.7 Å². The minimum atomic E-state index is -0.528. The van der Waals surface area contributed by atoms with Gasteiger partial charge in [0.05, 0.1) is 6.20 Å². The van der Waals surface area contributed by atoms with Crippen molar-refractivity contribution >= 4 is 23.2 Å². The molecule has 0 aliphatic heterocycles. The zero-order chi connectivity index (χ0) is 18.1. The number of halogens is 1. The molecule has 0 aliphatic carbocycles. The molecule has 0 spiro atoms. The highest BCUT2D eigenvalue weighted by Gasteiger charge is 2.15. The Bertz CT molecular complexity index is 1080. The Morgan fingerprint density at radius 2 is 2.04 bits per heavy atom. The summed E-state index contributed by atoms with van der Waals surface area (Å²) in [5.74, 6) is 0.360. The van der Waals surface area contributed by atoms with Crippen LogP contribution in [0.5, 0.6) is 0 Å². The van der Waals surface area contributed by atoms with Crippen LogP contribution in [0.1, 0.15) is 22.1 Å². The fraction of sp³-hybridized carbons (Fsp3) is 0.105. The van der Waals surface area contributed by atoms with Crippen molar-refractivity contribution in [3.05, 3.63) is 77.2 Å². The number of imidazole rings is 1. The van der Waals surface area contributed by atoms with Gasteiger partial charge in [0.2, 0.25) is 5.89 Å². The minimum absolute atomic E-state index is 0.0702. The van der Waals surface area contributed by atoms with Gasteiger partial charge in [0, 0.05) is 22.5 Å². The monoisotopic (exact) mass is 367 g/mol. The molecule has 0 saturated carbocycles. The van der Waals surface area contributed by atoms with E-state index in [-0.39, 0.29) is 12.3 Å². The van der Waals surface area contributed by atoms with Gasteiger partial charge in [-0.2, -0.15) is 0 Å². The molecule has 0 atom stereocenters. The van der Waals surface area contributed by atoms with Gasteiger partial charge in [0.15, 0.2) is 18.1 Å². The lowest BCUT2D eigenvalue weighted by atomic mass is 10.2. The number of nitrogens with zero attached hydrogens (tertiary/aromatic N) is 3. The summed E-state index contributed by atoms with van der Waals surface area (Å²) in [6.45, 7) is 1.87. The largest absolute Gasteiger partial charge is 0.451 e. The Morgan fingerprint density at radius 3 is 2.81 bits per heavy atom. The van der Waals surface area contributed by atoms with Crippen molar-refractivity contribution in [3.8, 4) is 11.3 Å². The molecule has 0 fully saturated rings. The Hall–Kier alpha value is -3.12. The minimum Gasteiger partial charge on any atom is -0.451 e. The van der Waals surface area contributed by atoms with Crippen LogP contribution in [0.2, 0.25) is 5.02 Å². The summed E-state index contributed by atoms with van der Waals surface area (Å²) in [7, 11) is 0. The maximum atomic E-state index is 12.2. The van der Waals surface area contributed by atoms with Crippen molar-refractivity contribution in [2.75, 3.05) is 0 Å². The first-order chi connectivity index (χ1) is 12.6. The number of ether oxygens (including phenoxy) is 1. The number of hydrogen-bond donors (Lipinski definition) is 0. The van der Waals surface area contributed by atoms with Crippen molar-refractivity contribution in [1.29, 1.82) is 0 Å². The number of aromatic nitrogens is 3. The molecule has 0 radical (unpaired) electrons. The summed E-state index contributed by atoms with van der Waals surface area (Å²) < 4.78 is 12.7. The Labute approximate surface area is 154 Å². The molecule has 0 unspecified atom stereocenters. The second kappa shape index (κ2) is 6.65. The molecular weight excluding hydrogens is 354 g/mol. The Morgan fingerprint density at radius 1 is 1.23 bits per heavy atom. The van der Waals surface area contributed by atoms with E-state index in [1.54, 1.807) is 24.5 Å². The van der Waals surface area contributed by atoms with Gasteiger partial charge in [0.25, 0.3) is 0 Å². The number of rotatable bonds is 4. The molecule has 7 heteroatoms. The molecule has 0 N–H and O–H groups in total. The number of pyridine rings is 1. The van der Waals surface area contributed by atoms with E-state index in [0.717, 1.165) is 11.3 Å². The lowest BCUT2D eigenvalue weighted by molar-refractivity contribution is 0.0433. The summed E-state index contributed by atoms with van der Waals surface area (Å²) in [5.41, 5.74) is 2.76.